The Balaban J connectivity index is 0.000000720. The van der Waals surface area contributed by atoms with Crippen molar-refractivity contribution in [2.45, 2.75) is 37.6 Å². The second-order valence-electron chi connectivity index (χ2n) is 3.96. The number of piperidine rings is 1. The van der Waals surface area contributed by atoms with Crippen LogP contribution >= 0.6 is 12.4 Å². The van der Waals surface area contributed by atoms with Gasteiger partial charge in [-0.3, -0.25) is 4.90 Å². The molecule has 72 valence electrons. The molecule has 2 fully saturated rings. The fourth-order valence-corrected chi connectivity index (χ4v) is 2.37. The van der Waals surface area contributed by atoms with Crippen LogP contribution in [0.15, 0.2) is 0 Å². The van der Waals surface area contributed by atoms with Crippen molar-refractivity contribution >= 4 is 12.4 Å². The highest BCUT2D eigenvalue weighted by Crippen LogP contribution is 2.47. The first-order valence-corrected chi connectivity index (χ1v) is 4.82. The maximum absolute atomic E-state index is 5.57. The fraction of sp³-hybridized carbons (Fsp3) is 1.00. The molecular weight excluding hydrogens is 172 g/mol. The van der Waals surface area contributed by atoms with E-state index in [0.717, 1.165) is 13.1 Å². The molecule has 2 aliphatic rings. The predicted octanol–water partition coefficient (Wildman–Crippen LogP) is 1.39. The lowest BCUT2D eigenvalue weighted by molar-refractivity contribution is 0.133. The molecule has 0 bridgehead atoms. The number of nitrogens with two attached hydrogens (primary N) is 1. The minimum Gasteiger partial charge on any atom is -0.329 e. The maximum atomic E-state index is 5.57. The number of halogens is 1. The Bertz CT molecular complexity index is 143. The zero-order valence-electron chi connectivity index (χ0n) is 7.59. The van der Waals surface area contributed by atoms with E-state index in [4.69, 9.17) is 5.73 Å². The van der Waals surface area contributed by atoms with Crippen molar-refractivity contribution in [3.63, 3.8) is 0 Å². The highest BCUT2D eigenvalue weighted by Gasteiger charge is 2.48. The van der Waals surface area contributed by atoms with Gasteiger partial charge >= 0.3 is 0 Å². The molecule has 0 amide bonds. The Labute approximate surface area is 80.9 Å². The van der Waals surface area contributed by atoms with Gasteiger partial charge in [-0.15, -0.1) is 12.4 Å². The van der Waals surface area contributed by atoms with Crippen molar-refractivity contribution < 1.29 is 0 Å². The third-order valence-electron chi connectivity index (χ3n) is 3.22. The lowest BCUT2D eigenvalue weighted by Crippen LogP contribution is -2.43. The second-order valence-corrected chi connectivity index (χ2v) is 3.96. The van der Waals surface area contributed by atoms with Gasteiger partial charge in [-0.25, -0.2) is 0 Å². The average Bonchev–Trinajstić information content (AvgIpc) is 2.77. The molecule has 2 N–H and O–H groups in total. The van der Waals surface area contributed by atoms with Gasteiger partial charge in [0.15, 0.2) is 0 Å². The van der Waals surface area contributed by atoms with Crippen LogP contribution in [0.3, 0.4) is 0 Å². The SMILES string of the molecule is Cl.NCCN1CCCCC12CC2. The summed E-state index contributed by atoms with van der Waals surface area (Å²) in [6.45, 7) is 3.26. The lowest BCUT2D eigenvalue weighted by Gasteiger charge is -2.35. The van der Waals surface area contributed by atoms with Gasteiger partial charge in [0.25, 0.3) is 0 Å². The van der Waals surface area contributed by atoms with E-state index in [2.05, 4.69) is 4.90 Å². The van der Waals surface area contributed by atoms with E-state index in [9.17, 15) is 0 Å². The molecule has 0 aromatic rings. The third-order valence-corrected chi connectivity index (χ3v) is 3.22. The maximum Gasteiger partial charge on any atom is 0.0211 e. The van der Waals surface area contributed by atoms with Crippen LogP contribution in [-0.4, -0.2) is 30.1 Å². The van der Waals surface area contributed by atoms with Crippen molar-refractivity contribution in [2.24, 2.45) is 5.73 Å². The van der Waals surface area contributed by atoms with Gasteiger partial charge < -0.3 is 5.73 Å². The number of hydrogen-bond acceptors (Lipinski definition) is 2. The van der Waals surface area contributed by atoms with Crippen LogP contribution in [0, 0.1) is 0 Å². The number of nitrogens with zero attached hydrogens (tertiary/aromatic N) is 1. The Kier molecular flexibility index (Phi) is 3.38. The highest BCUT2D eigenvalue weighted by atomic mass is 35.5. The zero-order valence-corrected chi connectivity index (χ0v) is 8.41. The summed E-state index contributed by atoms with van der Waals surface area (Å²) in [4.78, 5) is 2.62. The summed E-state index contributed by atoms with van der Waals surface area (Å²) in [6.07, 6.45) is 7.15. The van der Waals surface area contributed by atoms with Crippen LogP contribution in [0.2, 0.25) is 0 Å². The van der Waals surface area contributed by atoms with E-state index in [1.165, 1.54) is 38.6 Å². The van der Waals surface area contributed by atoms with E-state index in [1.807, 2.05) is 0 Å². The predicted molar refractivity (Wildman–Crippen MR) is 53.7 cm³/mol. The average molecular weight is 191 g/mol. The molecule has 2 nitrogen and oxygen atoms in total. The van der Waals surface area contributed by atoms with E-state index in [-0.39, 0.29) is 12.4 Å². The van der Waals surface area contributed by atoms with Crippen LogP contribution in [-0.2, 0) is 0 Å². The molecule has 1 saturated carbocycles. The summed E-state index contributed by atoms with van der Waals surface area (Å²) in [5, 5.41) is 0. The molecule has 2 rings (SSSR count). The van der Waals surface area contributed by atoms with Crippen molar-refractivity contribution in [1.82, 2.24) is 4.90 Å². The number of hydrogen-bond donors (Lipinski definition) is 1. The Morgan fingerprint density at radius 1 is 1.17 bits per heavy atom. The molecule has 0 radical (unpaired) electrons. The van der Waals surface area contributed by atoms with Gasteiger partial charge in [0.1, 0.15) is 0 Å². The van der Waals surface area contributed by atoms with E-state index >= 15 is 0 Å². The normalized spacial score (nSPS) is 26.8. The second kappa shape index (κ2) is 3.95. The van der Waals surface area contributed by atoms with Crippen LogP contribution in [0.5, 0.6) is 0 Å². The van der Waals surface area contributed by atoms with E-state index in [1.54, 1.807) is 0 Å². The molecular formula is C9H19ClN2. The molecule has 1 saturated heterocycles. The Morgan fingerprint density at radius 2 is 1.92 bits per heavy atom. The van der Waals surface area contributed by atoms with Gasteiger partial charge in [-0.05, 0) is 32.2 Å². The highest BCUT2D eigenvalue weighted by molar-refractivity contribution is 5.85. The first-order chi connectivity index (χ1) is 5.37. The minimum absolute atomic E-state index is 0. The quantitative estimate of drug-likeness (QED) is 0.713. The van der Waals surface area contributed by atoms with Crippen molar-refractivity contribution in [3.05, 3.63) is 0 Å². The summed E-state index contributed by atoms with van der Waals surface area (Å²) in [7, 11) is 0. The van der Waals surface area contributed by atoms with E-state index in [0.29, 0.717) is 5.54 Å². The summed E-state index contributed by atoms with van der Waals surface area (Å²) < 4.78 is 0. The minimum atomic E-state index is 0. The van der Waals surface area contributed by atoms with Crippen molar-refractivity contribution in [2.75, 3.05) is 19.6 Å². The van der Waals surface area contributed by atoms with Gasteiger partial charge in [-0.1, -0.05) is 6.42 Å². The van der Waals surface area contributed by atoms with Gasteiger partial charge in [0, 0.05) is 18.6 Å². The van der Waals surface area contributed by atoms with Gasteiger partial charge in [0.05, 0.1) is 0 Å². The zero-order chi connectivity index (χ0) is 7.73. The summed E-state index contributed by atoms with van der Waals surface area (Å²) in [5.74, 6) is 0. The third kappa shape index (κ3) is 1.76. The van der Waals surface area contributed by atoms with Crippen LogP contribution in [0.1, 0.15) is 32.1 Å². The van der Waals surface area contributed by atoms with Gasteiger partial charge in [-0.2, -0.15) is 0 Å². The monoisotopic (exact) mass is 190 g/mol. The molecule has 3 heteroatoms. The van der Waals surface area contributed by atoms with Crippen LogP contribution in [0.25, 0.3) is 0 Å². The molecule has 12 heavy (non-hydrogen) atoms. The smallest absolute Gasteiger partial charge is 0.0211 e. The van der Waals surface area contributed by atoms with Crippen LogP contribution < -0.4 is 5.73 Å². The molecule has 1 heterocycles. The fourth-order valence-electron chi connectivity index (χ4n) is 2.37. The first-order valence-electron chi connectivity index (χ1n) is 4.82. The first kappa shape index (κ1) is 10.3. The molecule has 0 aromatic carbocycles. The summed E-state index contributed by atoms with van der Waals surface area (Å²) in [5.41, 5.74) is 6.22. The molecule has 1 aliphatic heterocycles. The molecule has 0 aromatic heterocycles. The summed E-state index contributed by atoms with van der Waals surface area (Å²) in [6, 6.07) is 0. The molecule has 0 unspecified atom stereocenters. The van der Waals surface area contributed by atoms with Crippen LogP contribution in [0.4, 0.5) is 0 Å². The standard InChI is InChI=1S/C9H18N2.ClH/c10-6-8-11-7-2-1-3-9(11)4-5-9;/h1-8,10H2;1H. The largest absolute Gasteiger partial charge is 0.329 e. The van der Waals surface area contributed by atoms with E-state index < -0.39 is 0 Å². The lowest BCUT2D eigenvalue weighted by atomic mass is 10.0. The molecule has 1 aliphatic carbocycles. The molecule has 1 spiro atoms. The topological polar surface area (TPSA) is 29.3 Å². The number of rotatable bonds is 2. The Morgan fingerprint density at radius 3 is 2.50 bits per heavy atom. The van der Waals surface area contributed by atoms with Crippen molar-refractivity contribution in [1.29, 1.82) is 0 Å². The summed E-state index contributed by atoms with van der Waals surface area (Å²) >= 11 is 0. The van der Waals surface area contributed by atoms with Gasteiger partial charge in [0.2, 0.25) is 0 Å². The molecule has 0 atom stereocenters. The van der Waals surface area contributed by atoms with Crippen molar-refractivity contribution in [3.8, 4) is 0 Å². The number of likely N-dealkylation sites (tertiary alicyclic amines) is 1. The Hall–Kier alpha value is 0.210.